The van der Waals surface area contributed by atoms with Gasteiger partial charge in [-0.15, -0.1) is 0 Å². The van der Waals surface area contributed by atoms with Gasteiger partial charge < -0.3 is 21.1 Å². The van der Waals surface area contributed by atoms with E-state index in [2.05, 4.69) is 16.0 Å². The molecule has 0 heterocycles. The number of carbonyl (C=O) groups excluding carboxylic acids is 2. The Morgan fingerprint density at radius 1 is 1.21 bits per heavy atom. The standard InChI is InChI=1S/C12H21N3O4/c1-8(2)6-13-9(16)7-14-11(19)15-12(10(17)18)4-3-5-12/h8H,3-7H2,1-2H3,(H,13,16)(H,17,18)(H2,14,15,19). The molecule has 1 aliphatic carbocycles. The maximum absolute atomic E-state index is 11.5. The molecule has 4 N–H and O–H groups in total. The van der Waals surface area contributed by atoms with Gasteiger partial charge in [0, 0.05) is 6.54 Å². The van der Waals surface area contributed by atoms with Crippen molar-refractivity contribution in [3.05, 3.63) is 0 Å². The Morgan fingerprint density at radius 2 is 1.84 bits per heavy atom. The second-order valence-corrected chi connectivity index (χ2v) is 5.25. The first-order valence-electron chi connectivity index (χ1n) is 6.42. The molecule has 0 aromatic carbocycles. The van der Waals surface area contributed by atoms with Crippen LogP contribution in [-0.4, -0.2) is 41.6 Å². The lowest BCUT2D eigenvalue weighted by Crippen LogP contribution is -2.61. The van der Waals surface area contributed by atoms with Gasteiger partial charge in [-0.05, 0) is 25.2 Å². The van der Waals surface area contributed by atoms with Crippen molar-refractivity contribution < 1.29 is 19.5 Å². The summed E-state index contributed by atoms with van der Waals surface area (Å²) in [4.78, 5) is 33.9. The van der Waals surface area contributed by atoms with Crippen LogP contribution in [0.4, 0.5) is 4.79 Å². The lowest BCUT2D eigenvalue weighted by molar-refractivity contribution is -0.148. The van der Waals surface area contributed by atoms with E-state index >= 15 is 0 Å². The van der Waals surface area contributed by atoms with E-state index in [1.165, 1.54) is 0 Å². The molecule has 108 valence electrons. The fourth-order valence-corrected chi connectivity index (χ4v) is 1.73. The fraction of sp³-hybridized carbons (Fsp3) is 0.750. The maximum Gasteiger partial charge on any atom is 0.329 e. The number of rotatable bonds is 6. The van der Waals surface area contributed by atoms with Gasteiger partial charge in [0.05, 0.1) is 6.54 Å². The highest BCUT2D eigenvalue weighted by molar-refractivity contribution is 5.89. The Kier molecular flexibility index (Phi) is 5.14. The third kappa shape index (κ3) is 4.42. The lowest BCUT2D eigenvalue weighted by Gasteiger charge is -2.38. The second kappa shape index (κ2) is 6.40. The highest BCUT2D eigenvalue weighted by Gasteiger charge is 2.45. The van der Waals surface area contributed by atoms with Gasteiger partial charge >= 0.3 is 12.0 Å². The monoisotopic (exact) mass is 271 g/mol. The van der Waals surface area contributed by atoms with Gasteiger partial charge in [-0.25, -0.2) is 9.59 Å². The molecule has 19 heavy (non-hydrogen) atoms. The number of urea groups is 1. The molecule has 0 radical (unpaired) electrons. The molecule has 0 bridgehead atoms. The number of carboxylic acids is 1. The normalized spacial score (nSPS) is 16.4. The average Bonchev–Trinajstić information content (AvgIpc) is 2.28. The van der Waals surface area contributed by atoms with Crippen LogP contribution >= 0.6 is 0 Å². The molecule has 0 aliphatic heterocycles. The van der Waals surface area contributed by atoms with Crippen LogP contribution in [-0.2, 0) is 9.59 Å². The van der Waals surface area contributed by atoms with E-state index < -0.39 is 17.5 Å². The summed E-state index contributed by atoms with van der Waals surface area (Å²) < 4.78 is 0. The molecule has 1 fully saturated rings. The van der Waals surface area contributed by atoms with Gasteiger partial charge in [0.2, 0.25) is 5.91 Å². The maximum atomic E-state index is 11.5. The smallest absolute Gasteiger partial charge is 0.329 e. The Morgan fingerprint density at radius 3 is 2.26 bits per heavy atom. The van der Waals surface area contributed by atoms with Crippen molar-refractivity contribution in [3.63, 3.8) is 0 Å². The number of carbonyl (C=O) groups is 3. The number of aliphatic carboxylic acids is 1. The minimum absolute atomic E-state index is 0.158. The Balaban J connectivity index is 2.28. The van der Waals surface area contributed by atoms with Crippen molar-refractivity contribution in [2.75, 3.05) is 13.1 Å². The molecular weight excluding hydrogens is 250 g/mol. The van der Waals surface area contributed by atoms with Gasteiger partial charge in [0.15, 0.2) is 0 Å². The summed E-state index contributed by atoms with van der Waals surface area (Å²) >= 11 is 0. The highest BCUT2D eigenvalue weighted by Crippen LogP contribution is 2.31. The minimum atomic E-state index is -1.15. The first-order chi connectivity index (χ1) is 8.85. The first kappa shape index (κ1) is 15.3. The molecule has 0 spiro atoms. The van der Waals surface area contributed by atoms with Crippen molar-refractivity contribution in [3.8, 4) is 0 Å². The van der Waals surface area contributed by atoms with Crippen molar-refractivity contribution in [1.29, 1.82) is 0 Å². The van der Waals surface area contributed by atoms with E-state index in [0.717, 1.165) is 6.42 Å². The molecule has 0 saturated heterocycles. The summed E-state index contributed by atoms with van der Waals surface area (Å²) in [6.07, 6.45) is 1.63. The fourth-order valence-electron chi connectivity index (χ4n) is 1.73. The molecule has 3 amide bonds. The van der Waals surface area contributed by atoms with Crippen LogP contribution in [0.5, 0.6) is 0 Å². The molecule has 0 aromatic heterocycles. The van der Waals surface area contributed by atoms with Crippen LogP contribution in [0, 0.1) is 5.92 Å². The van der Waals surface area contributed by atoms with Crippen molar-refractivity contribution >= 4 is 17.9 Å². The summed E-state index contributed by atoms with van der Waals surface area (Å²) in [6.45, 7) is 4.32. The SMILES string of the molecule is CC(C)CNC(=O)CNC(=O)NC1(C(=O)O)CCC1. The summed E-state index contributed by atoms with van der Waals surface area (Å²) in [5.74, 6) is -0.983. The Labute approximate surface area is 112 Å². The van der Waals surface area contributed by atoms with E-state index in [0.29, 0.717) is 25.3 Å². The zero-order valence-electron chi connectivity index (χ0n) is 11.3. The second-order valence-electron chi connectivity index (χ2n) is 5.25. The molecule has 0 unspecified atom stereocenters. The summed E-state index contributed by atoms with van der Waals surface area (Å²) in [5.41, 5.74) is -1.15. The van der Waals surface area contributed by atoms with Gasteiger partial charge in [0.25, 0.3) is 0 Å². The Hall–Kier alpha value is -1.79. The molecule has 7 nitrogen and oxygen atoms in total. The molecule has 0 aromatic rings. The van der Waals surface area contributed by atoms with Gasteiger partial charge in [-0.3, -0.25) is 4.79 Å². The van der Waals surface area contributed by atoms with Crippen LogP contribution in [0.2, 0.25) is 0 Å². The topological polar surface area (TPSA) is 108 Å². The molecule has 1 aliphatic rings. The molecule has 1 saturated carbocycles. The largest absolute Gasteiger partial charge is 0.480 e. The van der Waals surface area contributed by atoms with Crippen LogP contribution in [0.15, 0.2) is 0 Å². The molecule has 0 atom stereocenters. The van der Waals surface area contributed by atoms with E-state index in [4.69, 9.17) is 5.11 Å². The van der Waals surface area contributed by atoms with Crippen LogP contribution in [0.25, 0.3) is 0 Å². The number of nitrogens with one attached hydrogen (secondary N) is 3. The summed E-state index contributed by atoms with van der Waals surface area (Å²) in [6, 6.07) is -0.623. The average molecular weight is 271 g/mol. The third-order valence-corrected chi connectivity index (χ3v) is 3.09. The van der Waals surface area contributed by atoms with Crippen molar-refractivity contribution in [1.82, 2.24) is 16.0 Å². The lowest BCUT2D eigenvalue weighted by atomic mass is 9.77. The number of hydrogen-bond acceptors (Lipinski definition) is 3. The Bertz CT molecular complexity index is 364. The third-order valence-electron chi connectivity index (χ3n) is 3.09. The van der Waals surface area contributed by atoms with E-state index in [1.54, 1.807) is 0 Å². The highest BCUT2D eigenvalue weighted by atomic mass is 16.4. The molecule has 1 rings (SSSR count). The van der Waals surface area contributed by atoms with Crippen molar-refractivity contribution in [2.24, 2.45) is 5.92 Å². The number of amides is 3. The number of hydrogen-bond donors (Lipinski definition) is 4. The summed E-state index contributed by atoms with van der Waals surface area (Å²) in [5, 5.41) is 16.5. The first-order valence-corrected chi connectivity index (χ1v) is 6.42. The zero-order valence-corrected chi connectivity index (χ0v) is 11.3. The molecule has 7 heteroatoms. The number of carboxylic acid groups (broad SMARTS) is 1. The quantitative estimate of drug-likeness (QED) is 0.548. The van der Waals surface area contributed by atoms with Crippen LogP contribution in [0.1, 0.15) is 33.1 Å². The molecular formula is C12H21N3O4. The van der Waals surface area contributed by atoms with E-state index in [-0.39, 0.29) is 12.5 Å². The zero-order chi connectivity index (χ0) is 14.5. The van der Waals surface area contributed by atoms with Gasteiger partial charge in [-0.1, -0.05) is 13.8 Å². The van der Waals surface area contributed by atoms with E-state index in [9.17, 15) is 14.4 Å². The van der Waals surface area contributed by atoms with Gasteiger partial charge in [-0.2, -0.15) is 0 Å². The van der Waals surface area contributed by atoms with Crippen LogP contribution < -0.4 is 16.0 Å². The summed E-state index contributed by atoms with van der Waals surface area (Å²) in [7, 11) is 0. The van der Waals surface area contributed by atoms with Gasteiger partial charge in [0.1, 0.15) is 5.54 Å². The predicted octanol–water partition coefficient (Wildman–Crippen LogP) is 0.0651. The predicted molar refractivity (Wildman–Crippen MR) is 68.6 cm³/mol. The van der Waals surface area contributed by atoms with Crippen LogP contribution in [0.3, 0.4) is 0 Å². The van der Waals surface area contributed by atoms with E-state index in [1.807, 2.05) is 13.8 Å². The minimum Gasteiger partial charge on any atom is -0.480 e. The van der Waals surface area contributed by atoms with Crippen molar-refractivity contribution in [2.45, 2.75) is 38.6 Å².